The lowest BCUT2D eigenvalue weighted by Gasteiger charge is -2.10. The highest BCUT2D eigenvalue weighted by molar-refractivity contribution is 7.99. The molecule has 0 saturated heterocycles. The van der Waals surface area contributed by atoms with Gasteiger partial charge in [0.2, 0.25) is 5.91 Å². The number of anilines is 1. The minimum Gasteiger partial charge on any atom is -0.483 e. The van der Waals surface area contributed by atoms with Gasteiger partial charge in [0, 0.05) is 30.0 Å². The lowest BCUT2D eigenvalue weighted by Crippen LogP contribution is -2.12. The van der Waals surface area contributed by atoms with Gasteiger partial charge in [-0.15, -0.1) is 16.8 Å². The van der Waals surface area contributed by atoms with E-state index in [0.29, 0.717) is 34.5 Å². The summed E-state index contributed by atoms with van der Waals surface area (Å²) in [6.45, 7) is 5.76. The van der Waals surface area contributed by atoms with E-state index in [1.807, 2.05) is 4.57 Å². The highest BCUT2D eigenvalue weighted by Crippen LogP contribution is 2.21. The molecule has 1 aromatic heterocycles. The molecule has 0 saturated carbocycles. The molecule has 0 unspecified atom stereocenters. The van der Waals surface area contributed by atoms with Gasteiger partial charge in [0.1, 0.15) is 6.61 Å². The first-order valence-corrected chi connectivity index (χ1v) is 10.9. The van der Waals surface area contributed by atoms with Crippen LogP contribution in [0.25, 0.3) is 0 Å². The van der Waals surface area contributed by atoms with E-state index in [1.54, 1.807) is 48.5 Å². The normalized spacial score (nSPS) is 10.6. The third-order valence-electron chi connectivity index (χ3n) is 4.43. The second kappa shape index (κ2) is 11.2. The third kappa shape index (κ3) is 6.27. The molecule has 3 rings (SSSR count). The number of hydrogen-bond donors (Lipinski definition) is 1. The molecule has 0 fully saturated rings. The predicted octanol–water partition coefficient (Wildman–Crippen LogP) is 4.51. The minimum absolute atomic E-state index is 0.0263. The van der Waals surface area contributed by atoms with Gasteiger partial charge in [-0.3, -0.25) is 14.2 Å². The SMILES string of the molecule is C=CCn1c(COc2ccccc2F)nnc1SCCC(=O)Nc1ccc(C(C)=O)cc1. The number of thioether (sulfide) groups is 1. The molecule has 0 radical (unpaired) electrons. The Morgan fingerprint density at radius 1 is 1.19 bits per heavy atom. The van der Waals surface area contributed by atoms with Crippen LogP contribution in [0.4, 0.5) is 10.1 Å². The zero-order valence-electron chi connectivity index (χ0n) is 17.6. The Bertz CT molecular complexity index is 1100. The molecule has 7 nitrogen and oxygen atoms in total. The van der Waals surface area contributed by atoms with E-state index in [-0.39, 0.29) is 30.5 Å². The molecule has 3 aromatic rings. The number of hydrogen-bond acceptors (Lipinski definition) is 6. The van der Waals surface area contributed by atoms with E-state index in [9.17, 15) is 14.0 Å². The molecule has 0 aliphatic rings. The van der Waals surface area contributed by atoms with E-state index >= 15 is 0 Å². The van der Waals surface area contributed by atoms with Gasteiger partial charge in [0.15, 0.2) is 28.3 Å². The van der Waals surface area contributed by atoms with E-state index in [2.05, 4.69) is 22.1 Å². The number of carbonyl (C=O) groups is 2. The predicted molar refractivity (Wildman–Crippen MR) is 121 cm³/mol. The van der Waals surface area contributed by atoms with Crippen molar-refractivity contribution in [1.82, 2.24) is 14.8 Å². The number of amides is 1. The average Bonchev–Trinajstić information content (AvgIpc) is 3.15. The summed E-state index contributed by atoms with van der Waals surface area (Å²) in [6, 6.07) is 12.9. The van der Waals surface area contributed by atoms with Gasteiger partial charge in [-0.2, -0.15) is 0 Å². The van der Waals surface area contributed by atoms with Crippen LogP contribution < -0.4 is 10.1 Å². The van der Waals surface area contributed by atoms with Gasteiger partial charge in [-0.1, -0.05) is 30.0 Å². The fraction of sp³-hybridized carbons (Fsp3) is 0.217. The quantitative estimate of drug-likeness (QED) is 0.261. The summed E-state index contributed by atoms with van der Waals surface area (Å²) in [4.78, 5) is 23.5. The third-order valence-corrected chi connectivity index (χ3v) is 5.40. The number of para-hydroxylation sites is 1. The van der Waals surface area contributed by atoms with Crippen LogP contribution in [0.2, 0.25) is 0 Å². The standard InChI is InChI=1S/C23H23FN4O3S/c1-3-13-28-21(15-31-20-7-5-4-6-19(20)24)26-27-23(28)32-14-12-22(30)25-18-10-8-17(9-11-18)16(2)29/h3-11H,1,12-15H2,2H3,(H,25,30). The summed E-state index contributed by atoms with van der Waals surface area (Å²) >= 11 is 1.38. The van der Waals surface area contributed by atoms with Crippen LogP contribution in [0, 0.1) is 5.82 Å². The van der Waals surface area contributed by atoms with Crippen LogP contribution in [-0.2, 0) is 17.9 Å². The lowest BCUT2D eigenvalue weighted by molar-refractivity contribution is -0.115. The molecule has 166 valence electrons. The van der Waals surface area contributed by atoms with Crippen LogP contribution >= 0.6 is 11.8 Å². The number of rotatable bonds is 11. The summed E-state index contributed by atoms with van der Waals surface area (Å²) in [7, 11) is 0. The topological polar surface area (TPSA) is 86.1 Å². The van der Waals surface area contributed by atoms with Crippen LogP contribution in [0.3, 0.4) is 0 Å². The first-order valence-electron chi connectivity index (χ1n) is 9.92. The first-order chi connectivity index (χ1) is 15.5. The maximum atomic E-state index is 13.8. The van der Waals surface area contributed by atoms with Crippen molar-refractivity contribution in [2.75, 3.05) is 11.1 Å². The maximum Gasteiger partial charge on any atom is 0.225 e. The second-order valence-electron chi connectivity index (χ2n) is 6.80. The van der Waals surface area contributed by atoms with Crippen molar-refractivity contribution >= 4 is 29.1 Å². The van der Waals surface area contributed by atoms with E-state index in [0.717, 1.165) is 0 Å². The molecule has 2 aromatic carbocycles. The number of benzene rings is 2. The molecule has 0 atom stereocenters. The van der Waals surface area contributed by atoms with Crippen molar-refractivity contribution in [1.29, 1.82) is 0 Å². The monoisotopic (exact) mass is 454 g/mol. The van der Waals surface area contributed by atoms with Gasteiger partial charge in [0.25, 0.3) is 0 Å². The van der Waals surface area contributed by atoms with E-state index in [1.165, 1.54) is 24.8 Å². The molecule has 0 spiro atoms. The van der Waals surface area contributed by atoms with Crippen LogP contribution in [-0.4, -0.2) is 32.2 Å². The van der Waals surface area contributed by atoms with Gasteiger partial charge >= 0.3 is 0 Å². The zero-order chi connectivity index (χ0) is 22.9. The van der Waals surface area contributed by atoms with Crippen molar-refractivity contribution in [2.45, 2.75) is 31.7 Å². The summed E-state index contributed by atoms with van der Waals surface area (Å²) in [5.41, 5.74) is 1.22. The molecular weight excluding hydrogens is 431 g/mol. The van der Waals surface area contributed by atoms with Gasteiger partial charge < -0.3 is 10.1 Å². The molecule has 0 bridgehead atoms. The first kappa shape index (κ1) is 23.2. The Hall–Kier alpha value is -3.46. The van der Waals surface area contributed by atoms with Crippen molar-refractivity contribution in [2.24, 2.45) is 0 Å². The number of allylic oxidation sites excluding steroid dienone is 1. The van der Waals surface area contributed by atoms with Crippen LogP contribution in [0.1, 0.15) is 29.5 Å². The number of carbonyl (C=O) groups excluding carboxylic acids is 2. The number of aromatic nitrogens is 3. The highest BCUT2D eigenvalue weighted by atomic mass is 32.2. The molecular formula is C23H23FN4O3S. The molecule has 0 aliphatic carbocycles. The number of nitrogens with zero attached hydrogens (tertiary/aromatic N) is 3. The van der Waals surface area contributed by atoms with Gasteiger partial charge in [-0.25, -0.2) is 4.39 Å². The minimum atomic E-state index is -0.446. The fourth-order valence-corrected chi connectivity index (χ4v) is 3.70. The Kier molecular flexibility index (Phi) is 8.15. The van der Waals surface area contributed by atoms with Gasteiger partial charge in [-0.05, 0) is 43.3 Å². The summed E-state index contributed by atoms with van der Waals surface area (Å²) < 4.78 is 21.1. The van der Waals surface area contributed by atoms with E-state index < -0.39 is 5.82 Å². The Morgan fingerprint density at radius 2 is 1.94 bits per heavy atom. The number of halogens is 1. The van der Waals surface area contributed by atoms with Crippen molar-refractivity contribution in [3.8, 4) is 5.75 Å². The number of ketones is 1. The van der Waals surface area contributed by atoms with Crippen molar-refractivity contribution in [3.63, 3.8) is 0 Å². The Labute approximate surface area is 189 Å². The smallest absolute Gasteiger partial charge is 0.225 e. The van der Waals surface area contributed by atoms with Crippen molar-refractivity contribution in [3.05, 3.63) is 78.4 Å². The molecule has 0 aliphatic heterocycles. The highest BCUT2D eigenvalue weighted by Gasteiger charge is 2.14. The van der Waals surface area contributed by atoms with Gasteiger partial charge in [0.05, 0.1) is 0 Å². The maximum absolute atomic E-state index is 13.8. The second-order valence-corrected chi connectivity index (χ2v) is 7.86. The average molecular weight is 455 g/mol. The molecule has 1 N–H and O–H groups in total. The lowest BCUT2D eigenvalue weighted by atomic mass is 10.1. The number of nitrogens with one attached hydrogen (secondary N) is 1. The van der Waals surface area contributed by atoms with Crippen LogP contribution in [0.15, 0.2) is 66.3 Å². The summed E-state index contributed by atoms with van der Waals surface area (Å²) in [5, 5.41) is 11.7. The molecule has 1 amide bonds. The zero-order valence-corrected chi connectivity index (χ0v) is 18.4. The summed E-state index contributed by atoms with van der Waals surface area (Å²) in [6.07, 6.45) is 1.97. The fourth-order valence-electron chi connectivity index (χ4n) is 2.80. The van der Waals surface area contributed by atoms with E-state index in [4.69, 9.17) is 4.74 Å². The largest absolute Gasteiger partial charge is 0.483 e. The summed E-state index contributed by atoms with van der Waals surface area (Å²) in [5.74, 6) is 0.542. The molecule has 32 heavy (non-hydrogen) atoms. The molecule has 1 heterocycles. The number of ether oxygens (including phenoxy) is 1. The Balaban J connectivity index is 1.54. The molecule has 9 heteroatoms. The van der Waals surface area contributed by atoms with Crippen molar-refractivity contribution < 1.29 is 18.7 Å². The van der Waals surface area contributed by atoms with Crippen LogP contribution in [0.5, 0.6) is 5.75 Å². The number of Topliss-reactive ketones (excluding diaryl/α,β-unsaturated/α-hetero) is 1. The Morgan fingerprint density at radius 3 is 2.62 bits per heavy atom.